The highest BCUT2D eigenvalue weighted by Crippen LogP contribution is 2.26. The van der Waals surface area contributed by atoms with Gasteiger partial charge in [0.1, 0.15) is 0 Å². The van der Waals surface area contributed by atoms with Gasteiger partial charge in [0.15, 0.2) is 0 Å². The summed E-state index contributed by atoms with van der Waals surface area (Å²) in [5.41, 5.74) is 2.20. The van der Waals surface area contributed by atoms with Gasteiger partial charge in [-0.2, -0.15) is 0 Å². The molecule has 0 saturated heterocycles. The summed E-state index contributed by atoms with van der Waals surface area (Å²) < 4.78 is 0. The molecule has 1 atom stereocenters. The summed E-state index contributed by atoms with van der Waals surface area (Å²) in [6.45, 7) is 3.77. The Kier molecular flexibility index (Phi) is 6.26. The maximum absolute atomic E-state index is 12.6. The molecule has 3 aromatic rings. The summed E-state index contributed by atoms with van der Waals surface area (Å²) in [5.74, 6) is -0.150. The molecular weight excluding hydrogens is 374 g/mol. The van der Waals surface area contributed by atoms with Crippen molar-refractivity contribution in [3.63, 3.8) is 0 Å². The fourth-order valence-corrected chi connectivity index (χ4v) is 3.92. The van der Waals surface area contributed by atoms with E-state index in [1.807, 2.05) is 29.6 Å². The first kappa shape index (κ1) is 19.8. The maximum Gasteiger partial charge on any atom is 0.325 e. The number of aromatic nitrogens is 2. The Bertz CT molecular complexity index is 1050. The first-order valence-electron chi connectivity index (χ1n) is 9.21. The van der Waals surface area contributed by atoms with Crippen LogP contribution in [0.4, 0.5) is 0 Å². The molecular formula is C21H23N3O3S. The molecule has 1 amide bonds. The van der Waals surface area contributed by atoms with Crippen LogP contribution in [0.15, 0.2) is 51.4 Å². The van der Waals surface area contributed by atoms with E-state index in [2.05, 4.69) is 34.3 Å². The van der Waals surface area contributed by atoms with Gasteiger partial charge in [0.2, 0.25) is 5.91 Å². The molecule has 0 aliphatic heterocycles. The largest absolute Gasteiger partial charge is 0.344 e. The van der Waals surface area contributed by atoms with E-state index < -0.39 is 11.2 Å². The van der Waals surface area contributed by atoms with Crippen molar-refractivity contribution in [2.24, 2.45) is 0 Å². The number of benzene rings is 1. The molecule has 0 radical (unpaired) electrons. The lowest BCUT2D eigenvalue weighted by Crippen LogP contribution is -2.31. The molecule has 146 valence electrons. The Morgan fingerprint density at radius 2 is 1.89 bits per heavy atom. The molecule has 2 heterocycles. The molecule has 7 heteroatoms. The molecule has 6 nitrogen and oxygen atoms in total. The summed E-state index contributed by atoms with van der Waals surface area (Å²) in [5, 5.41) is 5.07. The van der Waals surface area contributed by atoms with E-state index in [0.717, 1.165) is 16.9 Å². The minimum Gasteiger partial charge on any atom is -0.344 e. The first-order chi connectivity index (χ1) is 13.5. The molecule has 1 aromatic carbocycles. The second-order valence-electron chi connectivity index (χ2n) is 6.62. The SMILES string of the molecule is CCc1ccc([C@H](NC(=O)CCc2c(C)[nH]c(=O)[nH]c2=O)c2cccs2)cc1. The van der Waals surface area contributed by atoms with Crippen LogP contribution in [0.5, 0.6) is 0 Å². The van der Waals surface area contributed by atoms with Crippen molar-refractivity contribution < 1.29 is 4.79 Å². The zero-order valence-corrected chi connectivity index (χ0v) is 16.7. The Hall–Kier alpha value is -2.93. The number of aromatic amines is 2. The Labute approximate surface area is 166 Å². The quantitative estimate of drug-likeness (QED) is 0.572. The second kappa shape index (κ2) is 8.84. The third-order valence-electron chi connectivity index (χ3n) is 4.71. The highest BCUT2D eigenvalue weighted by Gasteiger charge is 2.18. The average Bonchev–Trinajstić information content (AvgIpc) is 3.20. The number of amides is 1. The summed E-state index contributed by atoms with van der Waals surface area (Å²) >= 11 is 1.59. The van der Waals surface area contributed by atoms with Crippen molar-refractivity contribution in [1.82, 2.24) is 15.3 Å². The van der Waals surface area contributed by atoms with E-state index in [0.29, 0.717) is 11.3 Å². The van der Waals surface area contributed by atoms with Gasteiger partial charge >= 0.3 is 5.69 Å². The molecule has 0 unspecified atom stereocenters. The van der Waals surface area contributed by atoms with Gasteiger partial charge in [0, 0.05) is 22.6 Å². The van der Waals surface area contributed by atoms with Crippen LogP contribution in [0.25, 0.3) is 0 Å². The van der Waals surface area contributed by atoms with E-state index in [4.69, 9.17) is 0 Å². The van der Waals surface area contributed by atoms with Crippen LogP contribution in [0.3, 0.4) is 0 Å². The van der Waals surface area contributed by atoms with Crippen LogP contribution in [-0.4, -0.2) is 15.9 Å². The van der Waals surface area contributed by atoms with Crippen molar-refractivity contribution >= 4 is 17.2 Å². The van der Waals surface area contributed by atoms with E-state index in [-0.39, 0.29) is 24.8 Å². The molecule has 28 heavy (non-hydrogen) atoms. The number of carbonyl (C=O) groups is 1. The minimum absolute atomic E-state index is 0.150. The molecule has 0 spiro atoms. The van der Waals surface area contributed by atoms with Crippen LogP contribution < -0.4 is 16.6 Å². The van der Waals surface area contributed by atoms with Crippen LogP contribution in [0.1, 0.15) is 46.6 Å². The van der Waals surface area contributed by atoms with Crippen molar-refractivity contribution in [2.45, 2.75) is 39.2 Å². The Balaban J connectivity index is 1.75. The van der Waals surface area contributed by atoms with Gasteiger partial charge < -0.3 is 10.3 Å². The highest BCUT2D eigenvalue weighted by atomic mass is 32.1. The van der Waals surface area contributed by atoms with E-state index >= 15 is 0 Å². The van der Waals surface area contributed by atoms with Gasteiger partial charge in [-0.25, -0.2) is 4.79 Å². The number of aryl methyl sites for hydroxylation is 2. The van der Waals surface area contributed by atoms with Crippen LogP contribution in [0.2, 0.25) is 0 Å². The Morgan fingerprint density at radius 1 is 1.14 bits per heavy atom. The van der Waals surface area contributed by atoms with Gasteiger partial charge in [-0.3, -0.25) is 14.6 Å². The molecule has 3 N–H and O–H groups in total. The lowest BCUT2D eigenvalue weighted by Gasteiger charge is -2.18. The van der Waals surface area contributed by atoms with E-state index in [1.165, 1.54) is 5.56 Å². The van der Waals surface area contributed by atoms with E-state index in [9.17, 15) is 14.4 Å². The normalized spacial score (nSPS) is 11.9. The summed E-state index contributed by atoms with van der Waals surface area (Å²) in [6, 6.07) is 12.0. The van der Waals surface area contributed by atoms with Crippen molar-refractivity contribution in [1.29, 1.82) is 0 Å². The van der Waals surface area contributed by atoms with Gasteiger partial charge in [-0.1, -0.05) is 37.3 Å². The van der Waals surface area contributed by atoms with Crippen LogP contribution >= 0.6 is 11.3 Å². The molecule has 2 aromatic heterocycles. The first-order valence-corrected chi connectivity index (χ1v) is 10.1. The third kappa shape index (κ3) is 4.67. The number of hydrogen-bond acceptors (Lipinski definition) is 4. The molecule has 0 saturated carbocycles. The second-order valence-corrected chi connectivity index (χ2v) is 7.60. The van der Waals surface area contributed by atoms with Crippen LogP contribution in [0, 0.1) is 6.92 Å². The number of carbonyl (C=O) groups excluding carboxylic acids is 1. The minimum atomic E-state index is -0.538. The monoisotopic (exact) mass is 397 g/mol. The predicted molar refractivity (Wildman–Crippen MR) is 111 cm³/mol. The highest BCUT2D eigenvalue weighted by molar-refractivity contribution is 7.10. The van der Waals surface area contributed by atoms with Gasteiger partial charge in [-0.05, 0) is 42.3 Å². The molecule has 0 bridgehead atoms. The fraction of sp³-hybridized carbons (Fsp3) is 0.286. The number of rotatable bonds is 7. The topological polar surface area (TPSA) is 94.8 Å². The number of thiophene rings is 1. The zero-order valence-electron chi connectivity index (χ0n) is 15.9. The fourth-order valence-electron chi connectivity index (χ4n) is 3.12. The number of H-pyrrole nitrogens is 2. The smallest absolute Gasteiger partial charge is 0.325 e. The summed E-state index contributed by atoms with van der Waals surface area (Å²) in [6.07, 6.45) is 1.38. The molecule has 0 fully saturated rings. The maximum atomic E-state index is 12.6. The standard InChI is InChI=1S/C21H23N3O3S/c1-3-14-6-8-15(9-7-14)19(17-5-4-12-28-17)23-18(25)11-10-16-13(2)22-21(27)24-20(16)26/h4-9,12,19H,3,10-11H2,1-2H3,(H,23,25)(H2,22,24,26,27)/t19-/m0/s1. The average molecular weight is 398 g/mol. The van der Waals surface area contributed by atoms with Crippen molar-refractivity contribution in [2.75, 3.05) is 0 Å². The predicted octanol–water partition coefficient (Wildman–Crippen LogP) is 2.83. The zero-order chi connectivity index (χ0) is 20.1. The summed E-state index contributed by atoms with van der Waals surface area (Å²) in [4.78, 5) is 41.7. The Morgan fingerprint density at radius 3 is 2.50 bits per heavy atom. The van der Waals surface area contributed by atoms with E-state index in [1.54, 1.807) is 18.3 Å². The number of nitrogens with one attached hydrogen (secondary N) is 3. The molecule has 3 rings (SSSR count). The lowest BCUT2D eigenvalue weighted by atomic mass is 10.0. The van der Waals surface area contributed by atoms with Crippen molar-refractivity contribution in [3.8, 4) is 0 Å². The summed E-state index contributed by atoms with van der Waals surface area (Å²) in [7, 11) is 0. The third-order valence-corrected chi connectivity index (χ3v) is 5.65. The van der Waals surface area contributed by atoms with Gasteiger partial charge in [-0.15, -0.1) is 11.3 Å². The van der Waals surface area contributed by atoms with Crippen molar-refractivity contribution in [3.05, 3.63) is 89.9 Å². The molecule has 0 aliphatic carbocycles. The van der Waals surface area contributed by atoms with Gasteiger partial charge in [0.05, 0.1) is 6.04 Å². The van der Waals surface area contributed by atoms with Gasteiger partial charge in [0.25, 0.3) is 5.56 Å². The molecule has 0 aliphatic rings. The number of hydrogen-bond donors (Lipinski definition) is 3. The lowest BCUT2D eigenvalue weighted by molar-refractivity contribution is -0.121. The van der Waals surface area contributed by atoms with Crippen LogP contribution in [-0.2, 0) is 17.6 Å².